The summed E-state index contributed by atoms with van der Waals surface area (Å²) in [6.07, 6.45) is 2.24. The first-order valence-corrected chi connectivity index (χ1v) is 5.28. The molecule has 0 bridgehead atoms. The summed E-state index contributed by atoms with van der Waals surface area (Å²) in [5, 5.41) is 3.69. The monoisotopic (exact) mass is 229 g/mol. The highest BCUT2D eigenvalue weighted by Crippen LogP contribution is 2.24. The molecule has 0 aliphatic carbocycles. The van der Waals surface area contributed by atoms with E-state index in [0.29, 0.717) is 18.6 Å². The van der Waals surface area contributed by atoms with E-state index >= 15 is 0 Å². The SMILES string of the molecule is [N-]=[N+]=NC(/C=C1/CCOC1=O)c1ccccc1. The average molecular weight is 229 g/mol. The van der Waals surface area contributed by atoms with Crippen molar-refractivity contribution in [3.63, 3.8) is 0 Å². The van der Waals surface area contributed by atoms with Gasteiger partial charge in [-0.15, -0.1) is 0 Å². The molecule has 1 heterocycles. The van der Waals surface area contributed by atoms with Crippen molar-refractivity contribution in [3.05, 3.63) is 58.0 Å². The van der Waals surface area contributed by atoms with Crippen LogP contribution < -0.4 is 0 Å². The second-order valence-electron chi connectivity index (χ2n) is 3.64. The zero-order chi connectivity index (χ0) is 12.1. The Bertz CT molecular complexity index is 490. The zero-order valence-corrected chi connectivity index (χ0v) is 9.11. The van der Waals surface area contributed by atoms with Gasteiger partial charge in [-0.2, -0.15) is 0 Å². The molecule has 2 rings (SSSR count). The third-order valence-electron chi connectivity index (χ3n) is 2.54. The number of esters is 1. The van der Waals surface area contributed by atoms with Crippen LogP contribution in [0.4, 0.5) is 0 Å². The predicted octanol–water partition coefficient (Wildman–Crippen LogP) is 2.91. The van der Waals surface area contributed by atoms with Crippen molar-refractivity contribution in [3.8, 4) is 0 Å². The van der Waals surface area contributed by atoms with E-state index in [1.807, 2.05) is 30.3 Å². The zero-order valence-electron chi connectivity index (χ0n) is 9.11. The predicted molar refractivity (Wildman–Crippen MR) is 62.0 cm³/mol. The summed E-state index contributed by atoms with van der Waals surface area (Å²) in [6, 6.07) is 8.87. The van der Waals surface area contributed by atoms with Gasteiger partial charge < -0.3 is 4.74 Å². The molecule has 0 N–H and O–H groups in total. The molecule has 1 aromatic carbocycles. The van der Waals surface area contributed by atoms with Crippen molar-refractivity contribution >= 4 is 5.97 Å². The van der Waals surface area contributed by atoms with Gasteiger partial charge in [0.1, 0.15) is 0 Å². The Kier molecular flexibility index (Phi) is 3.43. The van der Waals surface area contributed by atoms with Crippen LogP contribution in [0, 0.1) is 0 Å². The third kappa shape index (κ3) is 2.65. The average Bonchev–Trinajstić information content (AvgIpc) is 2.76. The maximum atomic E-state index is 11.3. The molecule has 1 unspecified atom stereocenters. The van der Waals surface area contributed by atoms with Crippen LogP contribution in [-0.2, 0) is 9.53 Å². The number of rotatable bonds is 3. The molecule has 1 aliphatic heterocycles. The molecule has 17 heavy (non-hydrogen) atoms. The summed E-state index contributed by atoms with van der Waals surface area (Å²) in [5.41, 5.74) is 9.98. The lowest BCUT2D eigenvalue weighted by atomic mass is 10.0. The number of nitrogens with zero attached hydrogens (tertiary/aromatic N) is 3. The maximum absolute atomic E-state index is 11.3. The molecular formula is C12H11N3O2. The van der Waals surface area contributed by atoms with Crippen LogP contribution in [0.3, 0.4) is 0 Å². The fourth-order valence-electron chi connectivity index (χ4n) is 1.69. The van der Waals surface area contributed by atoms with Crippen LogP contribution in [0.2, 0.25) is 0 Å². The Balaban J connectivity index is 2.30. The number of cyclic esters (lactones) is 1. The van der Waals surface area contributed by atoms with Crippen LogP contribution in [0.1, 0.15) is 18.0 Å². The van der Waals surface area contributed by atoms with Crippen LogP contribution in [0.25, 0.3) is 10.4 Å². The van der Waals surface area contributed by atoms with E-state index in [1.165, 1.54) is 0 Å². The topological polar surface area (TPSA) is 75.1 Å². The summed E-state index contributed by atoms with van der Waals surface area (Å²) >= 11 is 0. The van der Waals surface area contributed by atoms with E-state index < -0.39 is 6.04 Å². The van der Waals surface area contributed by atoms with Crippen LogP contribution in [-0.4, -0.2) is 12.6 Å². The molecule has 5 nitrogen and oxygen atoms in total. The van der Waals surface area contributed by atoms with Gasteiger partial charge >= 0.3 is 5.97 Å². The molecule has 1 fully saturated rings. The summed E-state index contributed by atoms with van der Waals surface area (Å²) in [7, 11) is 0. The first-order valence-electron chi connectivity index (χ1n) is 5.28. The van der Waals surface area contributed by atoms with E-state index in [2.05, 4.69) is 10.0 Å². The van der Waals surface area contributed by atoms with Crippen molar-refractivity contribution in [2.45, 2.75) is 12.5 Å². The van der Waals surface area contributed by atoms with Gasteiger partial charge in [-0.05, 0) is 11.1 Å². The maximum Gasteiger partial charge on any atom is 0.333 e. The minimum absolute atomic E-state index is 0.320. The number of benzene rings is 1. The lowest BCUT2D eigenvalue weighted by Crippen LogP contribution is -1.98. The first-order chi connectivity index (χ1) is 8.31. The molecule has 0 spiro atoms. The second kappa shape index (κ2) is 5.18. The van der Waals surface area contributed by atoms with Crippen molar-refractivity contribution in [1.82, 2.24) is 0 Å². The number of carbonyl (C=O) groups excluding carboxylic acids is 1. The largest absolute Gasteiger partial charge is 0.462 e. The Morgan fingerprint density at radius 2 is 2.18 bits per heavy atom. The highest BCUT2D eigenvalue weighted by atomic mass is 16.5. The Hall–Kier alpha value is -2.26. The molecule has 1 atom stereocenters. The fourth-order valence-corrected chi connectivity index (χ4v) is 1.69. The molecule has 0 aromatic heterocycles. The minimum Gasteiger partial charge on any atom is -0.462 e. The number of carbonyl (C=O) groups is 1. The van der Waals surface area contributed by atoms with Crippen LogP contribution in [0.5, 0.6) is 0 Å². The van der Waals surface area contributed by atoms with Gasteiger partial charge in [0.2, 0.25) is 0 Å². The highest BCUT2D eigenvalue weighted by Gasteiger charge is 2.20. The molecule has 0 saturated carbocycles. The molecule has 5 heteroatoms. The van der Waals surface area contributed by atoms with Gasteiger partial charge in [-0.25, -0.2) is 4.79 Å². The first kappa shape index (κ1) is 11.2. The van der Waals surface area contributed by atoms with Crippen molar-refractivity contribution < 1.29 is 9.53 Å². The molecule has 86 valence electrons. The van der Waals surface area contributed by atoms with Crippen molar-refractivity contribution in [2.75, 3.05) is 6.61 Å². The van der Waals surface area contributed by atoms with Crippen LogP contribution >= 0.6 is 0 Å². The van der Waals surface area contributed by atoms with Crippen LogP contribution in [0.15, 0.2) is 47.1 Å². The summed E-state index contributed by atoms with van der Waals surface area (Å²) in [5.74, 6) is -0.320. The van der Waals surface area contributed by atoms with E-state index in [0.717, 1.165) is 5.56 Å². The van der Waals surface area contributed by atoms with Gasteiger partial charge in [-0.3, -0.25) is 0 Å². The number of hydrogen-bond donors (Lipinski definition) is 0. The highest BCUT2D eigenvalue weighted by molar-refractivity contribution is 5.90. The number of azide groups is 1. The number of ether oxygens (including phenoxy) is 1. The van der Waals surface area contributed by atoms with E-state index in [1.54, 1.807) is 6.08 Å². The Labute approximate surface area is 98.3 Å². The van der Waals surface area contributed by atoms with Gasteiger partial charge in [0.25, 0.3) is 0 Å². The van der Waals surface area contributed by atoms with Crippen molar-refractivity contribution in [2.24, 2.45) is 5.11 Å². The molecular weight excluding hydrogens is 218 g/mol. The Morgan fingerprint density at radius 1 is 1.41 bits per heavy atom. The normalized spacial score (nSPS) is 18.6. The van der Waals surface area contributed by atoms with E-state index in [9.17, 15) is 4.79 Å². The van der Waals surface area contributed by atoms with Gasteiger partial charge in [0, 0.05) is 16.9 Å². The van der Waals surface area contributed by atoms with Gasteiger partial charge in [0.05, 0.1) is 12.6 Å². The molecule has 0 radical (unpaired) electrons. The molecule has 1 aliphatic rings. The van der Waals surface area contributed by atoms with E-state index in [-0.39, 0.29) is 5.97 Å². The molecule has 1 saturated heterocycles. The minimum atomic E-state index is -0.457. The Morgan fingerprint density at radius 3 is 2.76 bits per heavy atom. The second-order valence-corrected chi connectivity index (χ2v) is 3.64. The molecule has 1 aromatic rings. The number of hydrogen-bond acceptors (Lipinski definition) is 3. The van der Waals surface area contributed by atoms with E-state index in [4.69, 9.17) is 10.3 Å². The smallest absolute Gasteiger partial charge is 0.333 e. The quantitative estimate of drug-likeness (QED) is 0.263. The van der Waals surface area contributed by atoms with Gasteiger partial charge in [-0.1, -0.05) is 41.5 Å². The fraction of sp³-hybridized carbons (Fsp3) is 0.250. The van der Waals surface area contributed by atoms with Gasteiger partial charge in [0.15, 0.2) is 0 Å². The molecule has 0 amide bonds. The summed E-state index contributed by atoms with van der Waals surface area (Å²) < 4.78 is 4.84. The summed E-state index contributed by atoms with van der Waals surface area (Å²) in [4.78, 5) is 14.1. The summed E-state index contributed by atoms with van der Waals surface area (Å²) in [6.45, 7) is 0.405. The van der Waals surface area contributed by atoms with Crippen molar-refractivity contribution in [1.29, 1.82) is 0 Å². The lowest BCUT2D eigenvalue weighted by molar-refractivity contribution is -0.135. The standard InChI is InChI=1S/C12H11N3O2/c13-15-14-11(9-4-2-1-3-5-9)8-10-6-7-17-12(10)16/h1-5,8,11H,6-7H2/b10-8-. The third-order valence-corrected chi connectivity index (χ3v) is 2.54. The lowest BCUT2D eigenvalue weighted by Gasteiger charge is -2.06.